The summed E-state index contributed by atoms with van der Waals surface area (Å²) >= 11 is 1.60. The first kappa shape index (κ1) is 12.6. The molecule has 106 valence electrons. The molecule has 3 aliphatic carbocycles. The summed E-state index contributed by atoms with van der Waals surface area (Å²) in [4.78, 5) is 18.3. The van der Waals surface area contributed by atoms with E-state index in [2.05, 4.69) is 36.3 Å². The van der Waals surface area contributed by atoms with E-state index in [-0.39, 0.29) is 11.8 Å². The molecule has 3 unspecified atom stereocenters. The van der Waals surface area contributed by atoms with Gasteiger partial charge in [0, 0.05) is 10.8 Å². The topological polar surface area (TPSA) is 42.0 Å². The highest BCUT2D eigenvalue weighted by Crippen LogP contribution is 2.70. The van der Waals surface area contributed by atoms with E-state index in [1.807, 2.05) is 0 Å². The molecule has 2 fully saturated rings. The van der Waals surface area contributed by atoms with Crippen molar-refractivity contribution in [2.75, 3.05) is 5.32 Å². The van der Waals surface area contributed by atoms with E-state index in [1.54, 1.807) is 11.3 Å². The first-order chi connectivity index (χ1) is 9.64. The molecule has 0 saturated heterocycles. The summed E-state index contributed by atoms with van der Waals surface area (Å²) in [5.74, 6) is 1.50. The van der Waals surface area contributed by atoms with Gasteiger partial charge in [0.2, 0.25) is 5.91 Å². The summed E-state index contributed by atoms with van der Waals surface area (Å²) in [5.41, 5.74) is 1.59. The van der Waals surface area contributed by atoms with Gasteiger partial charge < -0.3 is 5.32 Å². The molecule has 1 N–H and O–H groups in total. The molecule has 1 spiro atoms. The first-order valence-corrected chi connectivity index (χ1v) is 8.41. The molecular weight excluding hydrogens is 268 g/mol. The Bertz CT molecular complexity index is 600. The maximum absolute atomic E-state index is 12.6. The van der Waals surface area contributed by atoms with Gasteiger partial charge in [-0.1, -0.05) is 19.1 Å². The molecule has 1 aromatic heterocycles. The molecule has 20 heavy (non-hydrogen) atoms. The summed E-state index contributed by atoms with van der Waals surface area (Å²) in [6, 6.07) is 0. The van der Waals surface area contributed by atoms with Crippen LogP contribution in [0.4, 0.5) is 5.13 Å². The van der Waals surface area contributed by atoms with Crippen LogP contribution >= 0.6 is 11.3 Å². The van der Waals surface area contributed by atoms with Gasteiger partial charge in [0.1, 0.15) is 0 Å². The van der Waals surface area contributed by atoms with Crippen molar-refractivity contribution < 1.29 is 4.79 Å². The van der Waals surface area contributed by atoms with E-state index in [1.165, 1.54) is 17.7 Å². The predicted octanol–water partition coefficient (Wildman–Crippen LogP) is 3.55. The molecule has 0 aliphatic heterocycles. The van der Waals surface area contributed by atoms with E-state index in [0.717, 1.165) is 23.7 Å². The second-order valence-corrected chi connectivity index (χ2v) is 7.66. The minimum atomic E-state index is 0.168. The van der Waals surface area contributed by atoms with Crippen molar-refractivity contribution in [1.29, 1.82) is 0 Å². The number of thiazole rings is 1. The lowest BCUT2D eigenvalue weighted by Gasteiger charge is -2.18. The minimum Gasteiger partial charge on any atom is -0.302 e. The molecule has 4 rings (SSSR count). The number of amides is 1. The van der Waals surface area contributed by atoms with E-state index in [0.29, 0.717) is 17.3 Å². The van der Waals surface area contributed by atoms with Crippen molar-refractivity contribution in [3.8, 4) is 0 Å². The monoisotopic (exact) mass is 288 g/mol. The summed E-state index contributed by atoms with van der Waals surface area (Å²) < 4.78 is 0. The number of rotatable bonds is 3. The number of anilines is 1. The quantitative estimate of drug-likeness (QED) is 0.864. The molecule has 0 aromatic carbocycles. The average Bonchev–Trinajstić information content (AvgIpc) is 2.96. The van der Waals surface area contributed by atoms with Crippen LogP contribution in [-0.2, 0) is 11.2 Å². The zero-order valence-corrected chi connectivity index (χ0v) is 12.8. The van der Waals surface area contributed by atoms with Gasteiger partial charge in [-0.3, -0.25) is 4.79 Å². The smallest absolute Gasteiger partial charge is 0.229 e. The Morgan fingerprint density at radius 2 is 2.30 bits per heavy atom. The Morgan fingerprint density at radius 1 is 1.50 bits per heavy atom. The van der Waals surface area contributed by atoms with E-state index in [4.69, 9.17) is 0 Å². The maximum Gasteiger partial charge on any atom is 0.229 e. The van der Waals surface area contributed by atoms with Crippen LogP contribution in [0.2, 0.25) is 0 Å². The van der Waals surface area contributed by atoms with Gasteiger partial charge in [-0.25, -0.2) is 4.98 Å². The molecule has 1 heterocycles. The fourth-order valence-electron chi connectivity index (χ4n) is 4.28. The van der Waals surface area contributed by atoms with Gasteiger partial charge in [0.15, 0.2) is 5.13 Å². The van der Waals surface area contributed by atoms with Crippen LogP contribution in [0.1, 0.15) is 36.8 Å². The Morgan fingerprint density at radius 3 is 2.90 bits per heavy atom. The molecule has 0 radical (unpaired) electrons. The first-order valence-electron chi connectivity index (χ1n) is 7.59. The van der Waals surface area contributed by atoms with Crippen molar-refractivity contribution in [1.82, 2.24) is 4.98 Å². The Balaban J connectivity index is 1.50. The van der Waals surface area contributed by atoms with Crippen molar-refractivity contribution >= 4 is 22.4 Å². The highest BCUT2D eigenvalue weighted by Gasteiger charge is 2.64. The Kier molecular flexibility index (Phi) is 2.62. The molecule has 2 saturated carbocycles. The Labute approximate surface area is 123 Å². The van der Waals surface area contributed by atoms with Crippen molar-refractivity contribution in [3.63, 3.8) is 0 Å². The molecule has 4 heteroatoms. The lowest BCUT2D eigenvalue weighted by molar-refractivity contribution is -0.120. The Hall–Kier alpha value is -1.16. The SMILES string of the molecule is CCc1nc(NC(=O)C2CC3C=CC2C32CC2)sc1C. The average molecular weight is 288 g/mol. The number of nitrogens with zero attached hydrogens (tertiary/aromatic N) is 1. The molecule has 3 aliphatic rings. The fraction of sp³-hybridized carbons (Fsp3) is 0.625. The minimum absolute atomic E-state index is 0.168. The standard InChI is InChI=1S/C16H20N2OS/c1-3-13-9(2)20-15(17-13)18-14(19)11-8-10-4-5-12(11)16(10)6-7-16/h4-5,10-12H,3,6-8H2,1-2H3,(H,17,18,19). The van der Waals surface area contributed by atoms with Crippen LogP contribution in [0.25, 0.3) is 0 Å². The maximum atomic E-state index is 12.6. The summed E-state index contributed by atoms with van der Waals surface area (Å²) in [7, 11) is 0. The summed E-state index contributed by atoms with van der Waals surface area (Å²) in [6.07, 6.45) is 9.25. The van der Waals surface area contributed by atoms with Gasteiger partial charge in [-0.05, 0) is 49.9 Å². The van der Waals surface area contributed by atoms with Crippen LogP contribution in [0.5, 0.6) is 0 Å². The number of carbonyl (C=O) groups excluding carboxylic acids is 1. The fourth-order valence-corrected chi connectivity index (χ4v) is 5.18. The van der Waals surface area contributed by atoms with Crippen molar-refractivity contribution in [2.45, 2.75) is 39.5 Å². The van der Waals surface area contributed by atoms with Crippen LogP contribution < -0.4 is 5.32 Å². The largest absolute Gasteiger partial charge is 0.302 e. The van der Waals surface area contributed by atoms with Gasteiger partial charge >= 0.3 is 0 Å². The van der Waals surface area contributed by atoms with Crippen LogP contribution in [0.15, 0.2) is 12.2 Å². The highest BCUT2D eigenvalue weighted by atomic mass is 32.1. The number of aryl methyl sites for hydroxylation is 2. The van der Waals surface area contributed by atoms with Gasteiger partial charge in [-0.2, -0.15) is 0 Å². The van der Waals surface area contributed by atoms with E-state index in [9.17, 15) is 4.79 Å². The second-order valence-electron chi connectivity index (χ2n) is 6.46. The second kappa shape index (κ2) is 4.17. The highest BCUT2D eigenvalue weighted by molar-refractivity contribution is 7.15. The van der Waals surface area contributed by atoms with Gasteiger partial charge in [0.05, 0.1) is 5.69 Å². The normalized spacial score (nSPS) is 32.0. The molecule has 2 bridgehead atoms. The number of nitrogens with one attached hydrogen (secondary N) is 1. The number of aromatic nitrogens is 1. The summed E-state index contributed by atoms with van der Waals surface area (Å²) in [5, 5.41) is 3.84. The van der Waals surface area contributed by atoms with Gasteiger partial charge in [-0.15, -0.1) is 11.3 Å². The molecular formula is C16H20N2OS. The van der Waals surface area contributed by atoms with Crippen molar-refractivity contribution in [3.05, 3.63) is 22.7 Å². The number of carbonyl (C=O) groups is 1. The number of hydrogen-bond acceptors (Lipinski definition) is 3. The lowest BCUT2D eigenvalue weighted by atomic mass is 9.88. The van der Waals surface area contributed by atoms with Crippen LogP contribution in [0.3, 0.4) is 0 Å². The third kappa shape index (κ3) is 1.63. The molecule has 1 amide bonds. The van der Waals surface area contributed by atoms with Crippen LogP contribution in [0, 0.1) is 30.1 Å². The zero-order valence-electron chi connectivity index (χ0n) is 12.0. The molecule has 3 atom stereocenters. The van der Waals surface area contributed by atoms with E-state index < -0.39 is 0 Å². The lowest BCUT2D eigenvalue weighted by Crippen LogP contribution is -2.27. The summed E-state index contributed by atoms with van der Waals surface area (Å²) in [6.45, 7) is 4.18. The molecule has 1 aromatic rings. The number of allylic oxidation sites excluding steroid dienone is 2. The number of hydrogen-bond donors (Lipinski definition) is 1. The van der Waals surface area contributed by atoms with Crippen molar-refractivity contribution in [2.24, 2.45) is 23.2 Å². The third-order valence-corrected chi connectivity index (χ3v) is 6.44. The van der Waals surface area contributed by atoms with Crippen LogP contribution in [-0.4, -0.2) is 10.9 Å². The zero-order chi connectivity index (χ0) is 13.9. The van der Waals surface area contributed by atoms with E-state index >= 15 is 0 Å². The van der Waals surface area contributed by atoms with Gasteiger partial charge in [0.25, 0.3) is 0 Å². The predicted molar refractivity (Wildman–Crippen MR) is 80.8 cm³/mol. The third-order valence-electron chi connectivity index (χ3n) is 5.52. The molecule has 3 nitrogen and oxygen atoms in total.